The Morgan fingerprint density at radius 3 is 2.41 bits per heavy atom. The Hall–Kier alpha value is -3.18. The molecule has 0 aliphatic carbocycles. The molecule has 0 saturated heterocycles. The molecule has 0 aromatic heterocycles. The van der Waals surface area contributed by atoms with E-state index < -0.39 is 0 Å². The first-order valence-corrected chi connectivity index (χ1v) is 11.2. The Morgan fingerprint density at radius 1 is 0.875 bits per heavy atom. The minimum Gasteiger partial charge on any atom is -0.493 e. The third-order valence-electron chi connectivity index (χ3n) is 5.82. The van der Waals surface area contributed by atoms with Gasteiger partial charge in [-0.3, -0.25) is 0 Å². The molecule has 0 fully saturated rings. The first kappa shape index (κ1) is 22.0. The number of methoxy groups -OCH3 is 2. The maximum Gasteiger partial charge on any atom is 0.164 e. The standard InChI is InChI=1S/C27H31NO4/c1-4-31-27-22-14-16-28-26(21(22)11-13-24(27)29-2)20-10-12-23(25(18-20)30-3)32-17-15-19-8-6-5-7-9-19/h5-13,18,26,28H,4,14-17H2,1-3H3. The predicted molar refractivity (Wildman–Crippen MR) is 126 cm³/mol. The summed E-state index contributed by atoms with van der Waals surface area (Å²) in [6.45, 7) is 4.07. The molecule has 0 bridgehead atoms. The largest absolute Gasteiger partial charge is 0.493 e. The fraction of sp³-hybridized carbons (Fsp3) is 0.333. The molecule has 3 aromatic rings. The first-order chi connectivity index (χ1) is 15.7. The van der Waals surface area contributed by atoms with Gasteiger partial charge in [-0.1, -0.05) is 42.5 Å². The molecule has 1 unspecified atom stereocenters. The van der Waals surface area contributed by atoms with Gasteiger partial charge in [-0.2, -0.15) is 0 Å². The van der Waals surface area contributed by atoms with E-state index in [1.807, 2.05) is 37.3 Å². The Labute approximate surface area is 190 Å². The van der Waals surface area contributed by atoms with Crippen molar-refractivity contribution in [2.24, 2.45) is 0 Å². The topological polar surface area (TPSA) is 49.0 Å². The zero-order chi connectivity index (χ0) is 22.3. The molecule has 0 spiro atoms. The van der Waals surface area contributed by atoms with Gasteiger partial charge in [-0.05, 0) is 48.2 Å². The van der Waals surface area contributed by atoms with Crippen LogP contribution in [0.15, 0.2) is 60.7 Å². The van der Waals surface area contributed by atoms with Crippen LogP contribution in [0, 0.1) is 0 Å². The summed E-state index contributed by atoms with van der Waals surface area (Å²) < 4.78 is 23.2. The molecule has 0 amide bonds. The predicted octanol–water partition coefficient (Wildman–Crippen LogP) is 4.96. The van der Waals surface area contributed by atoms with Crippen LogP contribution in [-0.4, -0.2) is 34.0 Å². The number of nitrogens with one attached hydrogen (secondary N) is 1. The molecule has 0 saturated carbocycles. The van der Waals surface area contributed by atoms with Crippen LogP contribution in [0.5, 0.6) is 23.0 Å². The van der Waals surface area contributed by atoms with Crippen LogP contribution >= 0.6 is 0 Å². The Morgan fingerprint density at radius 2 is 1.66 bits per heavy atom. The molecular weight excluding hydrogens is 402 g/mol. The highest BCUT2D eigenvalue weighted by atomic mass is 16.5. The summed E-state index contributed by atoms with van der Waals surface area (Å²) >= 11 is 0. The van der Waals surface area contributed by atoms with Crippen molar-refractivity contribution >= 4 is 0 Å². The van der Waals surface area contributed by atoms with Crippen molar-refractivity contribution < 1.29 is 18.9 Å². The lowest BCUT2D eigenvalue weighted by molar-refractivity contribution is 0.297. The summed E-state index contributed by atoms with van der Waals surface area (Å²) in [6.07, 6.45) is 1.75. The summed E-state index contributed by atoms with van der Waals surface area (Å²) in [5, 5.41) is 3.64. The number of ether oxygens (including phenoxy) is 4. The highest BCUT2D eigenvalue weighted by Crippen LogP contribution is 2.41. The monoisotopic (exact) mass is 433 g/mol. The lowest BCUT2D eigenvalue weighted by Crippen LogP contribution is -2.31. The Bertz CT molecular complexity index is 1040. The third kappa shape index (κ3) is 4.68. The van der Waals surface area contributed by atoms with Gasteiger partial charge in [0.15, 0.2) is 23.0 Å². The van der Waals surface area contributed by atoms with Crippen molar-refractivity contribution in [1.29, 1.82) is 0 Å². The van der Waals surface area contributed by atoms with E-state index in [0.717, 1.165) is 47.9 Å². The number of hydrogen-bond acceptors (Lipinski definition) is 5. The first-order valence-electron chi connectivity index (χ1n) is 11.2. The zero-order valence-corrected chi connectivity index (χ0v) is 19.0. The van der Waals surface area contributed by atoms with E-state index in [1.54, 1.807) is 14.2 Å². The SMILES string of the molecule is CCOc1c(OC)ccc2c1CCNC2c1ccc(OCCc2ccccc2)c(OC)c1. The summed E-state index contributed by atoms with van der Waals surface area (Å²) in [4.78, 5) is 0. The molecule has 3 aromatic carbocycles. The zero-order valence-electron chi connectivity index (χ0n) is 19.0. The van der Waals surface area contributed by atoms with Gasteiger partial charge in [-0.25, -0.2) is 0 Å². The van der Waals surface area contributed by atoms with Gasteiger partial charge in [0.05, 0.1) is 33.5 Å². The quantitative estimate of drug-likeness (QED) is 0.517. The third-order valence-corrected chi connectivity index (χ3v) is 5.82. The molecular formula is C27H31NO4. The van der Waals surface area contributed by atoms with Gasteiger partial charge in [-0.15, -0.1) is 0 Å². The van der Waals surface area contributed by atoms with Gasteiger partial charge in [0.2, 0.25) is 0 Å². The molecule has 1 heterocycles. The van der Waals surface area contributed by atoms with E-state index in [1.165, 1.54) is 16.7 Å². The van der Waals surface area contributed by atoms with Gasteiger partial charge in [0.25, 0.3) is 0 Å². The van der Waals surface area contributed by atoms with E-state index in [9.17, 15) is 0 Å². The molecule has 168 valence electrons. The highest BCUT2D eigenvalue weighted by molar-refractivity contribution is 5.55. The Kier molecular flexibility index (Phi) is 7.17. The molecule has 5 nitrogen and oxygen atoms in total. The number of fused-ring (bicyclic) bond motifs is 1. The lowest BCUT2D eigenvalue weighted by atomic mass is 9.89. The van der Waals surface area contributed by atoms with E-state index in [0.29, 0.717) is 13.2 Å². The van der Waals surface area contributed by atoms with Crippen LogP contribution < -0.4 is 24.3 Å². The van der Waals surface area contributed by atoms with Gasteiger partial charge in [0.1, 0.15) is 0 Å². The average Bonchev–Trinajstić information content (AvgIpc) is 2.85. The van der Waals surface area contributed by atoms with Crippen LogP contribution in [0.25, 0.3) is 0 Å². The normalized spacial score (nSPS) is 15.0. The minimum absolute atomic E-state index is 0.0520. The summed E-state index contributed by atoms with van der Waals surface area (Å²) in [5.41, 5.74) is 4.80. The van der Waals surface area contributed by atoms with Crippen molar-refractivity contribution in [2.75, 3.05) is 34.0 Å². The van der Waals surface area contributed by atoms with Crippen LogP contribution in [0.3, 0.4) is 0 Å². The number of benzene rings is 3. The van der Waals surface area contributed by atoms with Crippen molar-refractivity contribution in [3.8, 4) is 23.0 Å². The van der Waals surface area contributed by atoms with E-state index >= 15 is 0 Å². The van der Waals surface area contributed by atoms with Gasteiger partial charge in [0, 0.05) is 18.5 Å². The summed E-state index contributed by atoms with van der Waals surface area (Å²) in [5.74, 6) is 3.13. The van der Waals surface area contributed by atoms with E-state index in [4.69, 9.17) is 18.9 Å². The van der Waals surface area contributed by atoms with Crippen molar-refractivity contribution in [1.82, 2.24) is 5.32 Å². The fourth-order valence-corrected chi connectivity index (χ4v) is 4.27. The fourth-order valence-electron chi connectivity index (χ4n) is 4.27. The van der Waals surface area contributed by atoms with Crippen LogP contribution in [0.2, 0.25) is 0 Å². The second-order valence-electron chi connectivity index (χ2n) is 7.73. The van der Waals surface area contributed by atoms with E-state index in [2.05, 4.69) is 35.6 Å². The van der Waals surface area contributed by atoms with Crippen molar-refractivity contribution in [2.45, 2.75) is 25.8 Å². The number of rotatable bonds is 9. The molecule has 4 rings (SSSR count). The molecule has 0 radical (unpaired) electrons. The molecule has 1 N–H and O–H groups in total. The molecule has 1 atom stereocenters. The summed E-state index contributed by atoms with van der Waals surface area (Å²) in [7, 11) is 3.37. The van der Waals surface area contributed by atoms with Crippen LogP contribution in [0.4, 0.5) is 0 Å². The number of hydrogen-bond donors (Lipinski definition) is 1. The highest BCUT2D eigenvalue weighted by Gasteiger charge is 2.26. The molecule has 1 aliphatic heterocycles. The smallest absolute Gasteiger partial charge is 0.164 e. The summed E-state index contributed by atoms with van der Waals surface area (Å²) in [6, 6.07) is 20.7. The van der Waals surface area contributed by atoms with Crippen LogP contribution in [0.1, 0.15) is 35.2 Å². The minimum atomic E-state index is 0.0520. The van der Waals surface area contributed by atoms with Crippen molar-refractivity contribution in [3.05, 3.63) is 82.9 Å². The van der Waals surface area contributed by atoms with Gasteiger partial charge >= 0.3 is 0 Å². The van der Waals surface area contributed by atoms with Gasteiger partial charge < -0.3 is 24.3 Å². The second kappa shape index (κ2) is 10.4. The molecule has 1 aliphatic rings. The second-order valence-corrected chi connectivity index (χ2v) is 7.73. The van der Waals surface area contributed by atoms with E-state index in [-0.39, 0.29) is 6.04 Å². The average molecular weight is 434 g/mol. The molecule has 32 heavy (non-hydrogen) atoms. The van der Waals surface area contributed by atoms with Crippen molar-refractivity contribution in [3.63, 3.8) is 0 Å². The maximum atomic E-state index is 6.04. The maximum absolute atomic E-state index is 6.04. The Balaban J connectivity index is 1.56. The molecule has 5 heteroatoms. The van der Waals surface area contributed by atoms with Crippen LogP contribution in [-0.2, 0) is 12.8 Å². The lowest BCUT2D eigenvalue weighted by Gasteiger charge is -2.30.